The molecule has 2 heterocycles. The average molecular weight is 646 g/mol. The number of nitrogens with zero attached hydrogens (tertiary/aromatic N) is 4. The molecule has 1 fully saturated rings. The van der Waals surface area contributed by atoms with E-state index in [1.165, 1.54) is 0 Å². The van der Waals surface area contributed by atoms with Crippen molar-refractivity contribution >= 4 is 40.1 Å². The van der Waals surface area contributed by atoms with Crippen molar-refractivity contribution in [2.75, 3.05) is 51.9 Å². The summed E-state index contributed by atoms with van der Waals surface area (Å²) in [5.74, 6) is -0.611. The van der Waals surface area contributed by atoms with Crippen molar-refractivity contribution in [3.05, 3.63) is 84.2 Å². The summed E-state index contributed by atoms with van der Waals surface area (Å²) in [6.45, 7) is 7.48. The van der Waals surface area contributed by atoms with Gasteiger partial charge in [-0.2, -0.15) is 0 Å². The molecule has 0 unspecified atom stereocenters. The SMILES string of the molecule is COc1cc2ncnc(Nc3ccc(/C(C)=N\OCc4ccccc4)cc3)c2cc1OCCCN1CCOCC1.O=C(O)CC(=O)O. The lowest BCUT2D eigenvalue weighted by atomic mass is 10.1. The van der Waals surface area contributed by atoms with Crippen molar-refractivity contribution in [3.8, 4) is 11.5 Å². The van der Waals surface area contributed by atoms with Gasteiger partial charge < -0.3 is 34.6 Å². The van der Waals surface area contributed by atoms with Crippen LogP contribution in [0.2, 0.25) is 0 Å². The fourth-order valence-electron chi connectivity index (χ4n) is 4.62. The van der Waals surface area contributed by atoms with Gasteiger partial charge in [-0.3, -0.25) is 14.5 Å². The monoisotopic (exact) mass is 645 g/mol. The average Bonchev–Trinajstić information content (AvgIpc) is 3.07. The van der Waals surface area contributed by atoms with Crippen molar-refractivity contribution in [1.29, 1.82) is 0 Å². The zero-order chi connectivity index (χ0) is 33.4. The highest BCUT2D eigenvalue weighted by Crippen LogP contribution is 2.35. The van der Waals surface area contributed by atoms with Crippen LogP contribution in [0.25, 0.3) is 10.9 Å². The Kier molecular flexibility index (Phi) is 13.3. The molecule has 0 saturated carbocycles. The highest BCUT2D eigenvalue weighted by Gasteiger charge is 2.14. The number of hydrogen-bond donors (Lipinski definition) is 3. The topological polar surface area (TPSA) is 165 Å². The summed E-state index contributed by atoms with van der Waals surface area (Å²) in [4.78, 5) is 35.7. The fourth-order valence-corrected chi connectivity index (χ4v) is 4.62. The molecule has 1 saturated heterocycles. The molecule has 0 atom stereocenters. The van der Waals surface area contributed by atoms with Crippen LogP contribution in [0.15, 0.2) is 78.2 Å². The number of methoxy groups -OCH3 is 1. The second-order valence-corrected chi connectivity index (χ2v) is 10.5. The Morgan fingerprint density at radius 2 is 1.70 bits per heavy atom. The van der Waals surface area contributed by atoms with Crippen LogP contribution < -0.4 is 14.8 Å². The standard InChI is InChI=1S/C31H35N5O4.C3H4O4/c1-23(35-40-21-24-7-4-3-5-8-24)25-9-11-26(12-10-25)34-31-27-19-30(29(37-2)20-28(27)32-22-33-31)39-16-6-13-36-14-17-38-18-15-36;4-2(5)1-3(6)7/h3-5,7-12,19-20,22H,6,13-18,21H2,1-2H3,(H,32,33,34);1H2,(H,4,5)(H,6,7)/b35-23-;. The summed E-state index contributed by atoms with van der Waals surface area (Å²) in [5.41, 5.74) is 4.52. The summed E-state index contributed by atoms with van der Waals surface area (Å²) in [6, 6.07) is 21.8. The molecule has 0 bridgehead atoms. The van der Waals surface area contributed by atoms with E-state index in [4.69, 9.17) is 29.3 Å². The maximum atomic E-state index is 9.43. The van der Waals surface area contributed by atoms with E-state index in [0.717, 1.165) is 72.7 Å². The van der Waals surface area contributed by atoms with Crippen LogP contribution in [0, 0.1) is 0 Å². The summed E-state index contributed by atoms with van der Waals surface area (Å²) in [5, 5.41) is 23.9. The zero-order valence-electron chi connectivity index (χ0n) is 26.4. The molecule has 248 valence electrons. The van der Waals surface area contributed by atoms with Crippen LogP contribution in [-0.4, -0.2) is 89.3 Å². The molecular weight excluding hydrogens is 606 g/mol. The predicted molar refractivity (Wildman–Crippen MR) is 177 cm³/mol. The van der Waals surface area contributed by atoms with Crippen molar-refractivity contribution in [3.63, 3.8) is 0 Å². The zero-order valence-corrected chi connectivity index (χ0v) is 26.4. The first-order valence-corrected chi connectivity index (χ1v) is 15.1. The van der Waals surface area contributed by atoms with Gasteiger partial charge in [0, 0.05) is 36.8 Å². The molecule has 13 heteroatoms. The summed E-state index contributed by atoms with van der Waals surface area (Å²) in [7, 11) is 1.64. The van der Waals surface area contributed by atoms with Crippen molar-refractivity contribution in [2.24, 2.45) is 5.16 Å². The van der Waals surface area contributed by atoms with Gasteiger partial charge in [-0.25, -0.2) is 9.97 Å². The Bertz CT molecular complexity index is 1620. The van der Waals surface area contributed by atoms with Crippen LogP contribution in [0.1, 0.15) is 30.9 Å². The van der Waals surface area contributed by atoms with Gasteiger partial charge in [0.25, 0.3) is 0 Å². The third kappa shape index (κ3) is 11.2. The lowest BCUT2D eigenvalue weighted by Crippen LogP contribution is -2.37. The number of carboxylic acid groups (broad SMARTS) is 2. The second-order valence-electron chi connectivity index (χ2n) is 10.5. The molecule has 1 aromatic heterocycles. The number of hydrogen-bond acceptors (Lipinski definition) is 11. The maximum absolute atomic E-state index is 9.43. The Morgan fingerprint density at radius 3 is 2.36 bits per heavy atom. The number of rotatable bonds is 14. The molecule has 13 nitrogen and oxygen atoms in total. The van der Waals surface area contributed by atoms with E-state index in [-0.39, 0.29) is 0 Å². The van der Waals surface area contributed by atoms with E-state index >= 15 is 0 Å². The van der Waals surface area contributed by atoms with Gasteiger partial charge >= 0.3 is 11.9 Å². The highest BCUT2D eigenvalue weighted by atomic mass is 16.6. The summed E-state index contributed by atoms with van der Waals surface area (Å²) < 4.78 is 17.2. The number of aliphatic carboxylic acids is 2. The van der Waals surface area contributed by atoms with Crippen LogP contribution in [0.4, 0.5) is 11.5 Å². The fraction of sp³-hybridized carbons (Fsp3) is 0.324. The maximum Gasteiger partial charge on any atom is 0.314 e. The van der Waals surface area contributed by atoms with Gasteiger partial charge in [-0.05, 0) is 42.7 Å². The third-order valence-corrected chi connectivity index (χ3v) is 7.04. The van der Waals surface area contributed by atoms with E-state index in [0.29, 0.717) is 30.5 Å². The number of aromatic nitrogens is 2. The molecule has 0 spiro atoms. The number of ether oxygens (including phenoxy) is 3. The lowest BCUT2D eigenvalue weighted by molar-refractivity contribution is -0.147. The largest absolute Gasteiger partial charge is 0.493 e. The molecule has 4 aromatic rings. The van der Waals surface area contributed by atoms with E-state index < -0.39 is 18.4 Å². The minimum absolute atomic E-state index is 0.433. The van der Waals surface area contributed by atoms with Crippen LogP contribution in [-0.2, 0) is 25.8 Å². The van der Waals surface area contributed by atoms with E-state index in [1.807, 2.05) is 73.7 Å². The smallest absolute Gasteiger partial charge is 0.314 e. The molecule has 1 aliphatic heterocycles. The van der Waals surface area contributed by atoms with Gasteiger partial charge in [0.1, 0.15) is 25.2 Å². The van der Waals surface area contributed by atoms with Crippen molar-refractivity contribution in [1.82, 2.24) is 14.9 Å². The highest BCUT2D eigenvalue weighted by molar-refractivity contribution is 5.99. The van der Waals surface area contributed by atoms with Crippen LogP contribution >= 0.6 is 0 Å². The predicted octanol–water partition coefficient (Wildman–Crippen LogP) is 4.97. The Hall–Kier alpha value is -5.27. The van der Waals surface area contributed by atoms with E-state index in [1.54, 1.807) is 13.4 Å². The lowest BCUT2D eigenvalue weighted by Gasteiger charge is -2.26. The van der Waals surface area contributed by atoms with Gasteiger partial charge in [0.05, 0.1) is 38.2 Å². The number of nitrogens with one attached hydrogen (secondary N) is 1. The number of benzene rings is 3. The first-order valence-electron chi connectivity index (χ1n) is 15.1. The van der Waals surface area contributed by atoms with E-state index in [9.17, 15) is 9.59 Å². The number of carbonyl (C=O) groups is 2. The Morgan fingerprint density at radius 1 is 0.979 bits per heavy atom. The third-order valence-electron chi connectivity index (χ3n) is 7.04. The first kappa shape index (κ1) is 34.6. The molecule has 0 amide bonds. The van der Waals surface area contributed by atoms with E-state index in [2.05, 4.69) is 25.3 Å². The molecule has 5 rings (SSSR count). The number of fused-ring (bicyclic) bond motifs is 1. The first-order chi connectivity index (χ1) is 22.8. The second kappa shape index (κ2) is 18.0. The molecule has 0 radical (unpaired) electrons. The molecule has 0 aliphatic carbocycles. The van der Waals surface area contributed by atoms with Gasteiger partial charge in [-0.1, -0.05) is 47.6 Å². The number of morpholine rings is 1. The molecule has 3 N–H and O–H groups in total. The van der Waals surface area contributed by atoms with Crippen molar-refractivity contribution in [2.45, 2.75) is 26.4 Å². The van der Waals surface area contributed by atoms with Gasteiger partial charge in [-0.15, -0.1) is 0 Å². The van der Waals surface area contributed by atoms with Gasteiger partial charge in [0.2, 0.25) is 0 Å². The summed E-state index contributed by atoms with van der Waals surface area (Å²) >= 11 is 0. The summed E-state index contributed by atoms with van der Waals surface area (Å²) in [6.07, 6.45) is 1.66. The Labute approximate surface area is 272 Å². The molecule has 3 aromatic carbocycles. The minimum Gasteiger partial charge on any atom is -0.493 e. The number of oxime groups is 1. The van der Waals surface area contributed by atoms with Crippen LogP contribution in [0.3, 0.4) is 0 Å². The quantitative estimate of drug-likeness (QED) is 0.0731. The molecule has 47 heavy (non-hydrogen) atoms. The van der Waals surface area contributed by atoms with Gasteiger partial charge in [0.15, 0.2) is 11.5 Å². The van der Waals surface area contributed by atoms with Crippen molar-refractivity contribution < 1.29 is 38.9 Å². The minimum atomic E-state index is -1.31. The number of anilines is 2. The molecular formula is C34H39N5O8. The molecule has 1 aliphatic rings. The Balaban J connectivity index is 0.000000644. The van der Waals surface area contributed by atoms with Crippen LogP contribution in [0.5, 0.6) is 11.5 Å². The number of carboxylic acids is 2. The normalized spacial score (nSPS) is 13.3.